The van der Waals surface area contributed by atoms with Gasteiger partial charge in [-0.15, -0.1) is 0 Å². The largest absolute Gasteiger partial charge is 0.384 e. The Hall–Kier alpha value is -2.17. The first-order chi connectivity index (χ1) is 10.0. The van der Waals surface area contributed by atoms with Gasteiger partial charge in [-0.25, -0.2) is 0 Å². The van der Waals surface area contributed by atoms with Crippen molar-refractivity contribution in [2.75, 3.05) is 11.9 Å². The number of nitrogens with zero attached hydrogens (tertiary/aromatic N) is 2. The van der Waals surface area contributed by atoms with Crippen LogP contribution in [0.15, 0.2) is 24.4 Å². The number of non-ortho nitro benzene ring substituents is 1. The summed E-state index contributed by atoms with van der Waals surface area (Å²) in [5.41, 5.74) is 2.36. The van der Waals surface area contributed by atoms with Crippen molar-refractivity contribution in [2.24, 2.45) is 5.41 Å². The fraction of sp³-hybridized carbons (Fsp3) is 0.438. The number of aryl methyl sites for hydroxylation is 1. The molecular formula is C16H19N3O2. The Morgan fingerprint density at radius 3 is 2.76 bits per heavy atom. The van der Waals surface area contributed by atoms with Crippen molar-refractivity contribution in [3.63, 3.8) is 0 Å². The third kappa shape index (κ3) is 2.55. The van der Waals surface area contributed by atoms with Crippen LogP contribution in [0.2, 0.25) is 0 Å². The molecule has 0 radical (unpaired) electrons. The highest BCUT2D eigenvalue weighted by molar-refractivity contribution is 5.99. The van der Waals surface area contributed by atoms with Crippen LogP contribution in [0, 0.1) is 22.5 Å². The van der Waals surface area contributed by atoms with Crippen molar-refractivity contribution in [3.8, 4) is 0 Å². The molecule has 1 aliphatic rings. The average molecular weight is 285 g/mol. The summed E-state index contributed by atoms with van der Waals surface area (Å²) in [5.74, 6) is 0. The lowest BCUT2D eigenvalue weighted by atomic mass is 10.0. The van der Waals surface area contributed by atoms with E-state index in [2.05, 4.69) is 17.2 Å². The zero-order chi connectivity index (χ0) is 15.0. The maximum atomic E-state index is 11.1. The predicted molar refractivity (Wildman–Crippen MR) is 83.6 cm³/mol. The zero-order valence-electron chi connectivity index (χ0n) is 12.3. The molecule has 1 heterocycles. The second-order valence-electron chi connectivity index (χ2n) is 5.97. The molecule has 1 aliphatic carbocycles. The summed E-state index contributed by atoms with van der Waals surface area (Å²) >= 11 is 0. The SMILES string of the molecule is CCC1(CNc2ccc([N+](=O)[O-])c3cnc(C)cc23)CC1. The number of hydrogen-bond donors (Lipinski definition) is 1. The first kappa shape index (κ1) is 13.8. The average Bonchev–Trinajstić information content (AvgIpc) is 3.25. The molecule has 0 spiro atoms. The van der Waals surface area contributed by atoms with Gasteiger partial charge in [0.25, 0.3) is 5.69 Å². The Balaban J connectivity index is 2.00. The van der Waals surface area contributed by atoms with E-state index in [9.17, 15) is 10.1 Å². The van der Waals surface area contributed by atoms with E-state index in [1.54, 1.807) is 12.3 Å². The number of nitro benzene ring substituents is 1. The van der Waals surface area contributed by atoms with Gasteiger partial charge in [0, 0.05) is 35.6 Å². The van der Waals surface area contributed by atoms with Crippen molar-refractivity contribution >= 4 is 22.1 Å². The first-order valence-corrected chi connectivity index (χ1v) is 7.32. The van der Waals surface area contributed by atoms with Gasteiger partial charge < -0.3 is 5.32 Å². The van der Waals surface area contributed by atoms with Crippen LogP contribution in [0.1, 0.15) is 31.9 Å². The second-order valence-corrected chi connectivity index (χ2v) is 5.97. The molecule has 0 saturated heterocycles. The highest BCUT2D eigenvalue weighted by atomic mass is 16.6. The fourth-order valence-corrected chi connectivity index (χ4v) is 2.76. The van der Waals surface area contributed by atoms with Crippen LogP contribution in [0.25, 0.3) is 10.8 Å². The van der Waals surface area contributed by atoms with E-state index in [0.717, 1.165) is 23.3 Å². The van der Waals surface area contributed by atoms with Gasteiger partial charge in [0.05, 0.1) is 10.3 Å². The first-order valence-electron chi connectivity index (χ1n) is 7.32. The monoisotopic (exact) mass is 285 g/mol. The van der Waals surface area contributed by atoms with Crippen molar-refractivity contribution in [1.29, 1.82) is 0 Å². The minimum atomic E-state index is -0.350. The molecule has 1 aromatic carbocycles. The number of aromatic nitrogens is 1. The molecular weight excluding hydrogens is 266 g/mol. The number of benzene rings is 1. The maximum Gasteiger partial charge on any atom is 0.278 e. The van der Waals surface area contributed by atoms with Crippen LogP contribution in [-0.4, -0.2) is 16.5 Å². The van der Waals surface area contributed by atoms with Crippen LogP contribution in [0.4, 0.5) is 11.4 Å². The van der Waals surface area contributed by atoms with Gasteiger partial charge in [-0.3, -0.25) is 15.1 Å². The molecule has 0 atom stereocenters. The Bertz CT molecular complexity index is 708. The molecule has 0 aliphatic heterocycles. The van der Waals surface area contributed by atoms with Crippen LogP contribution in [0.5, 0.6) is 0 Å². The Kier molecular flexibility index (Phi) is 3.27. The number of nitro groups is 1. The van der Waals surface area contributed by atoms with Gasteiger partial charge in [0.1, 0.15) is 0 Å². The summed E-state index contributed by atoms with van der Waals surface area (Å²) < 4.78 is 0. The predicted octanol–water partition coefficient (Wildman–Crippen LogP) is 4.05. The molecule has 5 nitrogen and oxygen atoms in total. The number of anilines is 1. The third-order valence-corrected chi connectivity index (χ3v) is 4.57. The van der Waals surface area contributed by atoms with Gasteiger partial charge in [-0.2, -0.15) is 0 Å². The van der Waals surface area contributed by atoms with E-state index in [-0.39, 0.29) is 10.6 Å². The van der Waals surface area contributed by atoms with Gasteiger partial charge in [-0.05, 0) is 43.7 Å². The topological polar surface area (TPSA) is 68.1 Å². The highest BCUT2D eigenvalue weighted by Crippen LogP contribution is 2.48. The molecule has 2 aromatic rings. The number of pyridine rings is 1. The standard InChI is InChI=1S/C16H19N3O2/c1-3-16(6-7-16)10-18-14-4-5-15(19(20)21)13-9-17-11(2)8-12(13)14/h4-5,8-9,18H,3,6-7,10H2,1-2H3. The number of fused-ring (bicyclic) bond motifs is 1. The molecule has 3 rings (SSSR count). The van der Waals surface area contributed by atoms with Crippen LogP contribution < -0.4 is 5.32 Å². The Morgan fingerprint density at radius 1 is 1.38 bits per heavy atom. The molecule has 0 unspecified atom stereocenters. The van der Waals surface area contributed by atoms with Gasteiger partial charge in [0.15, 0.2) is 0 Å². The molecule has 0 bridgehead atoms. The van der Waals surface area contributed by atoms with Crippen LogP contribution in [0.3, 0.4) is 0 Å². The van der Waals surface area contributed by atoms with Crippen molar-refractivity contribution in [1.82, 2.24) is 4.98 Å². The van der Waals surface area contributed by atoms with E-state index >= 15 is 0 Å². The van der Waals surface area contributed by atoms with Crippen molar-refractivity contribution in [3.05, 3.63) is 40.2 Å². The van der Waals surface area contributed by atoms with Gasteiger partial charge in [0.2, 0.25) is 0 Å². The lowest BCUT2D eigenvalue weighted by Gasteiger charge is -2.16. The van der Waals surface area contributed by atoms with E-state index in [1.165, 1.54) is 19.3 Å². The molecule has 0 amide bonds. The molecule has 110 valence electrons. The Morgan fingerprint density at radius 2 is 2.14 bits per heavy atom. The molecule has 1 saturated carbocycles. The summed E-state index contributed by atoms with van der Waals surface area (Å²) in [4.78, 5) is 15.0. The highest BCUT2D eigenvalue weighted by Gasteiger charge is 2.40. The zero-order valence-corrected chi connectivity index (χ0v) is 12.3. The number of hydrogen-bond acceptors (Lipinski definition) is 4. The second kappa shape index (κ2) is 4.98. The molecule has 1 aromatic heterocycles. The quantitative estimate of drug-likeness (QED) is 0.664. The number of rotatable bonds is 5. The molecule has 1 fully saturated rings. The lowest BCUT2D eigenvalue weighted by molar-refractivity contribution is -0.383. The van der Waals surface area contributed by atoms with E-state index in [4.69, 9.17) is 0 Å². The van der Waals surface area contributed by atoms with E-state index in [0.29, 0.717) is 10.8 Å². The summed E-state index contributed by atoms with van der Waals surface area (Å²) in [6.45, 7) is 5.05. The smallest absolute Gasteiger partial charge is 0.278 e. The van der Waals surface area contributed by atoms with E-state index in [1.807, 2.05) is 19.1 Å². The maximum absolute atomic E-state index is 11.1. The number of nitrogens with one attached hydrogen (secondary N) is 1. The minimum absolute atomic E-state index is 0.111. The Labute approximate surface area is 123 Å². The lowest BCUT2D eigenvalue weighted by Crippen LogP contribution is -2.14. The molecule has 1 N–H and O–H groups in total. The third-order valence-electron chi connectivity index (χ3n) is 4.57. The normalized spacial score (nSPS) is 15.9. The molecule has 5 heteroatoms. The summed E-state index contributed by atoms with van der Waals surface area (Å²) in [6, 6.07) is 5.29. The van der Waals surface area contributed by atoms with Crippen molar-refractivity contribution < 1.29 is 4.92 Å². The molecule has 21 heavy (non-hydrogen) atoms. The van der Waals surface area contributed by atoms with E-state index < -0.39 is 0 Å². The minimum Gasteiger partial charge on any atom is -0.384 e. The van der Waals surface area contributed by atoms with Gasteiger partial charge in [-0.1, -0.05) is 6.92 Å². The summed E-state index contributed by atoms with van der Waals surface area (Å²) in [7, 11) is 0. The summed E-state index contributed by atoms with van der Waals surface area (Å²) in [5, 5.41) is 16.1. The fourth-order valence-electron chi connectivity index (χ4n) is 2.76. The van der Waals surface area contributed by atoms with Crippen molar-refractivity contribution in [2.45, 2.75) is 33.1 Å². The van der Waals surface area contributed by atoms with Crippen LogP contribution >= 0.6 is 0 Å². The van der Waals surface area contributed by atoms with Crippen LogP contribution in [-0.2, 0) is 0 Å². The van der Waals surface area contributed by atoms with Gasteiger partial charge >= 0.3 is 0 Å². The summed E-state index contributed by atoms with van der Waals surface area (Å²) in [6.07, 6.45) is 5.30.